The van der Waals surface area contributed by atoms with Crippen molar-refractivity contribution < 1.29 is 54.7 Å². The van der Waals surface area contributed by atoms with E-state index in [4.69, 9.17) is 24.1 Å². The van der Waals surface area contributed by atoms with Crippen molar-refractivity contribution >= 4 is 0 Å². The molecular formula is C13H24O11. The fraction of sp³-hybridized carbons (Fsp3) is 1.00. The van der Waals surface area contributed by atoms with Gasteiger partial charge in [-0.2, -0.15) is 0 Å². The third kappa shape index (κ3) is 3.71. The Balaban J connectivity index is 2.12. The molecule has 11 heteroatoms. The molecular weight excluding hydrogens is 332 g/mol. The lowest BCUT2D eigenvalue weighted by molar-refractivity contribution is -0.357. The van der Waals surface area contributed by atoms with Crippen molar-refractivity contribution in [1.82, 2.24) is 0 Å². The molecule has 0 aliphatic carbocycles. The van der Waals surface area contributed by atoms with E-state index in [1.54, 1.807) is 0 Å². The number of rotatable bonds is 5. The van der Waals surface area contributed by atoms with Gasteiger partial charge in [0, 0.05) is 7.11 Å². The third-order valence-corrected chi connectivity index (χ3v) is 4.19. The van der Waals surface area contributed by atoms with Crippen LogP contribution in [0.1, 0.15) is 0 Å². The smallest absolute Gasteiger partial charge is 0.187 e. The zero-order valence-electron chi connectivity index (χ0n) is 13.0. The van der Waals surface area contributed by atoms with Crippen molar-refractivity contribution in [3.05, 3.63) is 0 Å². The van der Waals surface area contributed by atoms with Crippen LogP contribution in [0.25, 0.3) is 0 Å². The zero-order chi connectivity index (χ0) is 18.0. The van der Waals surface area contributed by atoms with Gasteiger partial charge in [-0.15, -0.1) is 0 Å². The Kier molecular flexibility index (Phi) is 6.87. The summed E-state index contributed by atoms with van der Waals surface area (Å²) in [5, 5.41) is 68.0. The van der Waals surface area contributed by atoms with Crippen LogP contribution in [0.5, 0.6) is 0 Å². The molecule has 10 atom stereocenters. The molecule has 2 heterocycles. The summed E-state index contributed by atoms with van der Waals surface area (Å²) in [4.78, 5) is 0. The van der Waals surface area contributed by atoms with E-state index in [9.17, 15) is 30.6 Å². The minimum absolute atomic E-state index is 0.592. The Hall–Kier alpha value is -0.440. The fourth-order valence-corrected chi connectivity index (χ4v) is 2.75. The summed E-state index contributed by atoms with van der Waals surface area (Å²) < 4.78 is 20.6. The first-order valence-corrected chi connectivity index (χ1v) is 7.46. The van der Waals surface area contributed by atoms with E-state index in [1.165, 1.54) is 7.11 Å². The predicted octanol–water partition coefficient (Wildman–Crippen LogP) is -4.74. The quantitative estimate of drug-likeness (QED) is 0.251. The highest BCUT2D eigenvalue weighted by Crippen LogP contribution is 2.29. The highest BCUT2D eigenvalue weighted by molar-refractivity contribution is 4.93. The zero-order valence-corrected chi connectivity index (χ0v) is 13.0. The van der Waals surface area contributed by atoms with Crippen molar-refractivity contribution in [1.29, 1.82) is 0 Å². The minimum Gasteiger partial charge on any atom is -0.394 e. The van der Waals surface area contributed by atoms with Crippen molar-refractivity contribution in [2.24, 2.45) is 0 Å². The lowest BCUT2D eigenvalue weighted by Gasteiger charge is -2.45. The summed E-state index contributed by atoms with van der Waals surface area (Å²) >= 11 is 0. The number of methoxy groups -OCH3 is 1. The number of aliphatic hydroxyl groups excluding tert-OH is 7. The monoisotopic (exact) mass is 356 g/mol. The van der Waals surface area contributed by atoms with Gasteiger partial charge in [-0.3, -0.25) is 0 Å². The van der Waals surface area contributed by atoms with E-state index in [0.717, 1.165) is 0 Å². The van der Waals surface area contributed by atoms with Gasteiger partial charge in [0.15, 0.2) is 12.6 Å². The average molecular weight is 356 g/mol. The second kappa shape index (κ2) is 8.29. The average Bonchev–Trinajstić information content (AvgIpc) is 2.59. The maximum absolute atomic E-state index is 10.2. The van der Waals surface area contributed by atoms with Crippen LogP contribution in [0.2, 0.25) is 0 Å². The van der Waals surface area contributed by atoms with Crippen LogP contribution in [0.4, 0.5) is 0 Å². The SMILES string of the molecule is COC1OC(CO)[C@H](OC2OC(CO)[C@H](O)C(O)[C@H]2O)C(O)[C@H]1O. The fourth-order valence-electron chi connectivity index (χ4n) is 2.75. The number of hydrogen-bond donors (Lipinski definition) is 7. The van der Waals surface area contributed by atoms with Gasteiger partial charge in [-0.25, -0.2) is 0 Å². The Morgan fingerprint density at radius 2 is 1.25 bits per heavy atom. The summed E-state index contributed by atoms with van der Waals surface area (Å²) in [5.41, 5.74) is 0. The van der Waals surface area contributed by atoms with Gasteiger partial charge in [0.2, 0.25) is 0 Å². The van der Waals surface area contributed by atoms with E-state index in [2.05, 4.69) is 0 Å². The molecule has 2 aliphatic heterocycles. The second-order valence-electron chi connectivity index (χ2n) is 5.74. The second-order valence-corrected chi connectivity index (χ2v) is 5.74. The van der Waals surface area contributed by atoms with Gasteiger partial charge >= 0.3 is 0 Å². The van der Waals surface area contributed by atoms with Gasteiger partial charge in [-0.1, -0.05) is 0 Å². The Bertz CT molecular complexity index is 392. The van der Waals surface area contributed by atoms with E-state index in [-0.39, 0.29) is 0 Å². The molecule has 142 valence electrons. The first-order chi connectivity index (χ1) is 11.3. The molecule has 2 fully saturated rings. The van der Waals surface area contributed by atoms with Gasteiger partial charge < -0.3 is 54.7 Å². The normalized spacial score (nSPS) is 50.0. The van der Waals surface area contributed by atoms with Crippen LogP contribution in [0.3, 0.4) is 0 Å². The molecule has 0 aromatic carbocycles. The predicted molar refractivity (Wildman–Crippen MR) is 73.4 cm³/mol. The molecule has 24 heavy (non-hydrogen) atoms. The Morgan fingerprint density at radius 3 is 1.79 bits per heavy atom. The number of hydrogen-bond acceptors (Lipinski definition) is 11. The lowest BCUT2D eigenvalue weighted by atomic mass is 9.97. The van der Waals surface area contributed by atoms with Crippen molar-refractivity contribution in [2.75, 3.05) is 20.3 Å². The van der Waals surface area contributed by atoms with E-state index >= 15 is 0 Å². The molecule has 0 radical (unpaired) electrons. The molecule has 0 saturated carbocycles. The molecule has 2 saturated heterocycles. The summed E-state index contributed by atoms with van der Waals surface area (Å²) in [7, 11) is 1.24. The summed E-state index contributed by atoms with van der Waals surface area (Å²) in [6.45, 7) is -1.24. The van der Waals surface area contributed by atoms with E-state index in [0.29, 0.717) is 0 Å². The first-order valence-electron chi connectivity index (χ1n) is 7.46. The van der Waals surface area contributed by atoms with Gasteiger partial charge in [-0.05, 0) is 0 Å². The lowest BCUT2D eigenvalue weighted by Crippen LogP contribution is -2.64. The highest BCUT2D eigenvalue weighted by Gasteiger charge is 2.50. The Morgan fingerprint density at radius 1 is 0.708 bits per heavy atom. The maximum atomic E-state index is 10.2. The van der Waals surface area contributed by atoms with Crippen molar-refractivity contribution in [2.45, 2.75) is 61.4 Å². The largest absolute Gasteiger partial charge is 0.394 e. The van der Waals surface area contributed by atoms with Gasteiger partial charge in [0.1, 0.15) is 48.8 Å². The number of ether oxygens (including phenoxy) is 4. The number of aliphatic hydroxyl groups is 7. The van der Waals surface area contributed by atoms with Crippen LogP contribution in [-0.4, -0.2) is 117 Å². The first kappa shape index (κ1) is 19.9. The topological polar surface area (TPSA) is 179 Å². The van der Waals surface area contributed by atoms with Crippen molar-refractivity contribution in [3.63, 3.8) is 0 Å². The molecule has 0 aromatic heterocycles. The highest BCUT2D eigenvalue weighted by atomic mass is 16.7. The molecule has 2 aliphatic rings. The molecule has 0 bridgehead atoms. The Labute approximate surface area is 137 Å². The van der Waals surface area contributed by atoms with E-state index < -0.39 is 74.6 Å². The molecule has 6 unspecified atom stereocenters. The standard InChI is InChI=1S/C13H24O11/c1-21-12-10(20)8(18)11(5(3-15)23-12)24-13-9(19)7(17)6(16)4(2-14)22-13/h4-20H,2-3H2,1H3/t4?,5?,6-,7?,8?,9+,10+,11-,12?,13?/m0/s1. The third-order valence-electron chi connectivity index (χ3n) is 4.19. The summed E-state index contributed by atoms with van der Waals surface area (Å²) in [5.74, 6) is 0. The minimum atomic E-state index is -1.69. The maximum Gasteiger partial charge on any atom is 0.187 e. The van der Waals surface area contributed by atoms with Crippen molar-refractivity contribution in [3.8, 4) is 0 Å². The molecule has 0 spiro atoms. The van der Waals surface area contributed by atoms with Crippen LogP contribution in [-0.2, 0) is 18.9 Å². The van der Waals surface area contributed by atoms with Crippen LogP contribution in [0, 0.1) is 0 Å². The molecule has 7 N–H and O–H groups in total. The van der Waals surface area contributed by atoms with Gasteiger partial charge in [0.05, 0.1) is 13.2 Å². The van der Waals surface area contributed by atoms with Crippen LogP contribution >= 0.6 is 0 Å². The van der Waals surface area contributed by atoms with Crippen LogP contribution < -0.4 is 0 Å². The molecule has 2 rings (SSSR count). The van der Waals surface area contributed by atoms with E-state index in [1.807, 2.05) is 0 Å². The summed E-state index contributed by atoms with van der Waals surface area (Å²) in [6.07, 6.45) is -14.3. The molecule has 0 amide bonds. The molecule has 0 aromatic rings. The summed E-state index contributed by atoms with van der Waals surface area (Å²) in [6, 6.07) is 0. The van der Waals surface area contributed by atoms with Gasteiger partial charge in [0.25, 0.3) is 0 Å². The van der Waals surface area contributed by atoms with Crippen LogP contribution in [0.15, 0.2) is 0 Å². The molecule has 11 nitrogen and oxygen atoms in total.